The van der Waals surface area contributed by atoms with Crippen molar-refractivity contribution in [3.05, 3.63) is 62.6 Å². The van der Waals surface area contributed by atoms with Gasteiger partial charge in [-0.2, -0.15) is 0 Å². The molecule has 0 atom stereocenters. The summed E-state index contributed by atoms with van der Waals surface area (Å²) >= 11 is 0. The second-order valence-corrected chi connectivity index (χ2v) is 4.77. The maximum atomic E-state index is 12.8. The summed E-state index contributed by atoms with van der Waals surface area (Å²) in [7, 11) is 0. The fourth-order valence-corrected chi connectivity index (χ4v) is 1.89. The molecular formula is C14H16FN3O2. The lowest BCUT2D eigenvalue weighted by Gasteiger charge is -2.10. The molecule has 2 N–H and O–H groups in total. The van der Waals surface area contributed by atoms with E-state index in [0.717, 1.165) is 10.1 Å². The highest BCUT2D eigenvalue weighted by atomic mass is 19.1. The predicted molar refractivity (Wildman–Crippen MR) is 75.4 cm³/mol. The van der Waals surface area contributed by atoms with Gasteiger partial charge in [-0.15, -0.1) is 0 Å². The lowest BCUT2D eigenvalue weighted by atomic mass is 10.2. The van der Waals surface area contributed by atoms with Gasteiger partial charge in [0.2, 0.25) is 0 Å². The van der Waals surface area contributed by atoms with Gasteiger partial charge < -0.3 is 5.32 Å². The van der Waals surface area contributed by atoms with Gasteiger partial charge >= 0.3 is 5.69 Å². The molecule has 1 aromatic heterocycles. The molecule has 0 radical (unpaired) electrons. The molecule has 2 rings (SSSR count). The van der Waals surface area contributed by atoms with Crippen LogP contribution < -0.4 is 16.6 Å². The highest BCUT2D eigenvalue weighted by molar-refractivity contribution is 5.33. The number of nitrogens with one attached hydrogen (secondary N) is 2. The van der Waals surface area contributed by atoms with E-state index in [1.54, 1.807) is 26.0 Å². The summed E-state index contributed by atoms with van der Waals surface area (Å²) in [6.07, 6.45) is 0. The quantitative estimate of drug-likeness (QED) is 0.896. The molecule has 0 amide bonds. The SMILES string of the molecule is CC(C)n1c(=O)cc(NCc2ccc(F)cc2)[nH]c1=O. The fourth-order valence-electron chi connectivity index (χ4n) is 1.89. The summed E-state index contributed by atoms with van der Waals surface area (Å²) in [6.45, 7) is 3.92. The average Bonchev–Trinajstić information content (AvgIpc) is 2.37. The summed E-state index contributed by atoms with van der Waals surface area (Å²) < 4.78 is 13.9. The minimum absolute atomic E-state index is 0.197. The molecule has 0 unspecified atom stereocenters. The van der Waals surface area contributed by atoms with Crippen molar-refractivity contribution in [2.75, 3.05) is 5.32 Å². The minimum Gasteiger partial charge on any atom is -0.367 e. The summed E-state index contributed by atoms with van der Waals surface area (Å²) in [6, 6.07) is 7.13. The van der Waals surface area contributed by atoms with Gasteiger partial charge in [0.25, 0.3) is 5.56 Å². The first kappa shape index (κ1) is 14.0. The van der Waals surface area contributed by atoms with Gasteiger partial charge in [-0.3, -0.25) is 14.3 Å². The molecule has 0 bridgehead atoms. The van der Waals surface area contributed by atoms with Crippen LogP contribution in [-0.2, 0) is 6.54 Å². The number of hydrogen-bond acceptors (Lipinski definition) is 3. The molecule has 6 heteroatoms. The number of anilines is 1. The third-order valence-corrected chi connectivity index (χ3v) is 2.88. The minimum atomic E-state index is -0.450. The third kappa shape index (κ3) is 3.14. The second-order valence-electron chi connectivity index (χ2n) is 4.77. The summed E-state index contributed by atoms with van der Waals surface area (Å²) in [4.78, 5) is 26.2. The molecule has 0 aliphatic heterocycles. The zero-order valence-electron chi connectivity index (χ0n) is 11.3. The van der Waals surface area contributed by atoms with Crippen LogP contribution in [0.4, 0.5) is 10.2 Å². The molecule has 5 nitrogen and oxygen atoms in total. The molecule has 0 aliphatic rings. The molecule has 0 spiro atoms. The van der Waals surface area contributed by atoms with Gasteiger partial charge in [0.05, 0.1) is 0 Å². The van der Waals surface area contributed by atoms with Crippen LogP contribution in [-0.4, -0.2) is 9.55 Å². The van der Waals surface area contributed by atoms with Crippen molar-refractivity contribution in [2.45, 2.75) is 26.4 Å². The third-order valence-electron chi connectivity index (χ3n) is 2.88. The second kappa shape index (κ2) is 5.73. The van der Waals surface area contributed by atoms with Crippen LogP contribution in [0.25, 0.3) is 0 Å². The van der Waals surface area contributed by atoms with Gasteiger partial charge in [0.1, 0.15) is 11.6 Å². The molecule has 1 aromatic carbocycles. The Hall–Kier alpha value is -2.37. The Morgan fingerprint density at radius 1 is 1.25 bits per heavy atom. The van der Waals surface area contributed by atoms with Crippen molar-refractivity contribution in [3.63, 3.8) is 0 Å². The molecule has 0 saturated carbocycles. The first-order valence-corrected chi connectivity index (χ1v) is 6.31. The largest absolute Gasteiger partial charge is 0.367 e. The highest BCUT2D eigenvalue weighted by Gasteiger charge is 2.07. The number of halogens is 1. The van der Waals surface area contributed by atoms with Gasteiger partial charge in [-0.25, -0.2) is 9.18 Å². The van der Waals surface area contributed by atoms with Crippen molar-refractivity contribution in [1.82, 2.24) is 9.55 Å². The topological polar surface area (TPSA) is 66.9 Å². The Labute approximate surface area is 115 Å². The number of aromatic nitrogens is 2. The molecule has 106 valence electrons. The summed E-state index contributed by atoms with van der Waals surface area (Å²) in [5.41, 5.74) is 0.0414. The first-order valence-electron chi connectivity index (χ1n) is 6.31. The van der Waals surface area contributed by atoms with Gasteiger partial charge in [-0.1, -0.05) is 12.1 Å². The van der Waals surface area contributed by atoms with E-state index in [1.165, 1.54) is 18.2 Å². The number of rotatable bonds is 4. The van der Waals surface area contributed by atoms with E-state index in [0.29, 0.717) is 12.4 Å². The van der Waals surface area contributed by atoms with Crippen molar-refractivity contribution in [2.24, 2.45) is 0 Å². The number of benzene rings is 1. The van der Waals surface area contributed by atoms with E-state index in [1.807, 2.05) is 0 Å². The zero-order chi connectivity index (χ0) is 14.7. The smallest absolute Gasteiger partial charge is 0.330 e. The van der Waals surface area contributed by atoms with Gasteiger partial charge in [0.15, 0.2) is 0 Å². The van der Waals surface area contributed by atoms with E-state index in [9.17, 15) is 14.0 Å². The lowest BCUT2D eigenvalue weighted by molar-refractivity contribution is 0.546. The van der Waals surface area contributed by atoms with E-state index in [2.05, 4.69) is 10.3 Å². The Morgan fingerprint density at radius 3 is 2.45 bits per heavy atom. The molecule has 0 fully saturated rings. The maximum Gasteiger partial charge on any atom is 0.330 e. The van der Waals surface area contributed by atoms with Crippen molar-refractivity contribution in [1.29, 1.82) is 0 Å². The van der Waals surface area contributed by atoms with Crippen molar-refractivity contribution in [3.8, 4) is 0 Å². The van der Waals surface area contributed by atoms with Crippen LogP contribution in [0.5, 0.6) is 0 Å². The average molecular weight is 277 g/mol. The number of nitrogens with zero attached hydrogens (tertiary/aromatic N) is 1. The van der Waals surface area contributed by atoms with Gasteiger partial charge in [0, 0.05) is 18.7 Å². The van der Waals surface area contributed by atoms with Crippen LogP contribution in [0, 0.1) is 5.82 Å². The van der Waals surface area contributed by atoms with E-state index >= 15 is 0 Å². The van der Waals surface area contributed by atoms with Crippen molar-refractivity contribution < 1.29 is 4.39 Å². The Balaban J connectivity index is 2.17. The fraction of sp³-hybridized carbons (Fsp3) is 0.286. The standard InChI is InChI=1S/C14H16FN3O2/c1-9(2)18-13(19)7-12(17-14(18)20)16-8-10-3-5-11(15)6-4-10/h3-7,9,16H,8H2,1-2H3,(H,17,20). The van der Waals surface area contributed by atoms with E-state index < -0.39 is 5.69 Å². The van der Waals surface area contributed by atoms with Crippen LogP contribution in [0.1, 0.15) is 25.5 Å². The van der Waals surface area contributed by atoms with E-state index in [4.69, 9.17) is 0 Å². The number of H-pyrrole nitrogens is 1. The molecule has 20 heavy (non-hydrogen) atoms. The predicted octanol–water partition coefficient (Wildman–Crippen LogP) is 1.87. The zero-order valence-corrected chi connectivity index (χ0v) is 11.3. The lowest BCUT2D eigenvalue weighted by Crippen LogP contribution is -2.36. The Morgan fingerprint density at radius 2 is 1.90 bits per heavy atom. The molecular weight excluding hydrogens is 261 g/mol. The van der Waals surface area contributed by atoms with Crippen molar-refractivity contribution >= 4 is 5.82 Å². The molecule has 1 heterocycles. The summed E-state index contributed by atoms with van der Waals surface area (Å²) in [5, 5.41) is 2.94. The molecule has 0 aliphatic carbocycles. The Kier molecular flexibility index (Phi) is 4.02. The first-order chi connectivity index (χ1) is 9.47. The normalized spacial score (nSPS) is 10.8. The van der Waals surface area contributed by atoms with Crippen LogP contribution in [0.15, 0.2) is 39.9 Å². The monoisotopic (exact) mass is 277 g/mol. The van der Waals surface area contributed by atoms with E-state index in [-0.39, 0.29) is 17.4 Å². The Bertz CT molecular complexity index is 670. The van der Waals surface area contributed by atoms with Crippen LogP contribution in [0.3, 0.4) is 0 Å². The number of aromatic amines is 1. The number of hydrogen-bond donors (Lipinski definition) is 2. The van der Waals surface area contributed by atoms with Crippen LogP contribution >= 0.6 is 0 Å². The molecule has 2 aromatic rings. The van der Waals surface area contributed by atoms with Gasteiger partial charge in [-0.05, 0) is 31.5 Å². The molecule has 0 saturated heterocycles. The highest BCUT2D eigenvalue weighted by Crippen LogP contribution is 2.05. The summed E-state index contributed by atoms with van der Waals surface area (Å²) in [5.74, 6) is 0.0444. The van der Waals surface area contributed by atoms with Crippen LogP contribution in [0.2, 0.25) is 0 Å². The maximum absolute atomic E-state index is 12.8.